The highest BCUT2D eigenvalue weighted by atomic mass is 35.5. The van der Waals surface area contributed by atoms with Crippen molar-refractivity contribution in [2.24, 2.45) is 0 Å². The molecule has 0 unspecified atom stereocenters. The third kappa shape index (κ3) is 2.75. The molecule has 0 aliphatic rings. The summed E-state index contributed by atoms with van der Waals surface area (Å²) in [6, 6.07) is 7.26. The van der Waals surface area contributed by atoms with Crippen molar-refractivity contribution < 1.29 is 9.72 Å². The maximum atomic E-state index is 12.3. The fourth-order valence-electron chi connectivity index (χ4n) is 1.67. The van der Waals surface area contributed by atoms with E-state index in [9.17, 15) is 14.9 Å². The normalized spacial score (nSPS) is 10.1. The minimum Gasteiger partial charge on any atom is -0.311 e. The van der Waals surface area contributed by atoms with Crippen LogP contribution in [0, 0.1) is 10.1 Å². The van der Waals surface area contributed by atoms with Gasteiger partial charge in [0.05, 0.1) is 4.92 Å². The van der Waals surface area contributed by atoms with Gasteiger partial charge in [0, 0.05) is 36.8 Å². The van der Waals surface area contributed by atoms with E-state index in [4.69, 9.17) is 11.6 Å². The molecule has 1 amide bonds. The molecule has 0 spiro atoms. The second kappa shape index (κ2) is 5.66. The molecule has 0 radical (unpaired) electrons. The van der Waals surface area contributed by atoms with Gasteiger partial charge in [-0.05, 0) is 24.3 Å². The van der Waals surface area contributed by atoms with Crippen LogP contribution in [-0.2, 0) is 0 Å². The van der Waals surface area contributed by atoms with E-state index in [1.165, 1.54) is 23.1 Å². The molecule has 1 heterocycles. The lowest BCUT2D eigenvalue weighted by Crippen LogP contribution is -2.26. The van der Waals surface area contributed by atoms with Gasteiger partial charge in [0.15, 0.2) is 0 Å². The summed E-state index contributed by atoms with van der Waals surface area (Å²) < 4.78 is 0. The molecule has 0 saturated carbocycles. The van der Waals surface area contributed by atoms with Gasteiger partial charge in [-0.15, -0.1) is 0 Å². The lowest BCUT2D eigenvalue weighted by atomic mass is 10.1. The first-order valence-corrected chi connectivity index (χ1v) is 6.00. The molecule has 0 N–H and O–H groups in total. The van der Waals surface area contributed by atoms with Gasteiger partial charge in [-0.1, -0.05) is 11.6 Å². The number of nitro benzene ring substituents is 1. The quantitative estimate of drug-likeness (QED) is 0.643. The molecule has 0 aliphatic heterocycles. The number of hydrogen-bond donors (Lipinski definition) is 0. The van der Waals surface area contributed by atoms with Gasteiger partial charge in [-0.3, -0.25) is 19.9 Å². The van der Waals surface area contributed by atoms with Crippen molar-refractivity contribution in [1.29, 1.82) is 0 Å². The van der Waals surface area contributed by atoms with E-state index < -0.39 is 4.92 Å². The molecule has 0 bridgehead atoms. The number of carbonyl (C=O) groups excluding carboxylic acids is 1. The number of rotatable bonds is 3. The molecule has 0 fully saturated rings. The lowest BCUT2D eigenvalue weighted by molar-refractivity contribution is -0.384. The van der Waals surface area contributed by atoms with Crippen LogP contribution in [0.4, 0.5) is 11.4 Å². The van der Waals surface area contributed by atoms with Gasteiger partial charge >= 0.3 is 0 Å². The first kappa shape index (κ1) is 14.0. The molecular weight excluding hydrogens is 282 g/mol. The maximum Gasteiger partial charge on any atom is 0.287 e. The van der Waals surface area contributed by atoms with Gasteiger partial charge in [0.1, 0.15) is 5.02 Å². The number of pyridine rings is 1. The van der Waals surface area contributed by atoms with E-state index in [0.29, 0.717) is 5.69 Å². The number of amides is 1. The second-order valence-corrected chi connectivity index (χ2v) is 4.40. The average Bonchev–Trinajstić information content (AvgIpc) is 2.46. The monoisotopic (exact) mass is 291 g/mol. The van der Waals surface area contributed by atoms with Crippen LogP contribution in [-0.4, -0.2) is 22.9 Å². The largest absolute Gasteiger partial charge is 0.311 e. The van der Waals surface area contributed by atoms with Gasteiger partial charge in [0.2, 0.25) is 0 Å². The van der Waals surface area contributed by atoms with Crippen molar-refractivity contribution >= 4 is 28.9 Å². The smallest absolute Gasteiger partial charge is 0.287 e. The van der Waals surface area contributed by atoms with Crippen LogP contribution in [0.3, 0.4) is 0 Å². The van der Waals surface area contributed by atoms with Crippen LogP contribution in [0.5, 0.6) is 0 Å². The van der Waals surface area contributed by atoms with Gasteiger partial charge < -0.3 is 4.90 Å². The molecule has 1 aromatic carbocycles. The third-order valence-electron chi connectivity index (χ3n) is 2.75. The first-order chi connectivity index (χ1) is 9.50. The number of hydrogen-bond acceptors (Lipinski definition) is 4. The number of carbonyl (C=O) groups is 1. The molecule has 0 atom stereocenters. The van der Waals surface area contributed by atoms with Crippen molar-refractivity contribution in [3.8, 4) is 0 Å². The highest BCUT2D eigenvalue weighted by molar-refractivity contribution is 6.33. The summed E-state index contributed by atoms with van der Waals surface area (Å²) in [5.41, 5.74) is 0.717. The molecule has 2 aromatic rings. The van der Waals surface area contributed by atoms with Crippen LogP contribution < -0.4 is 4.90 Å². The summed E-state index contributed by atoms with van der Waals surface area (Å²) in [7, 11) is 1.60. The number of nitro groups is 1. The summed E-state index contributed by atoms with van der Waals surface area (Å²) in [6.45, 7) is 0. The fourth-order valence-corrected chi connectivity index (χ4v) is 1.92. The van der Waals surface area contributed by atoms with Crippen LogP contribution in [0.2, 0.25) is 5.02 Å². The van der Waals surface area contributed by atoms with Crippen LogP contribution >= 0.6 is 11.6 Å². The second-order valence-electron chi connectivity index (χ2n) is 3.99. The summed E-state index contributed by atoms with van der Waals surface area (Å²) >= 11 is 5.80. The zero-order chi connectivity index (χ0) is 14.7. The number of anilines is 1. The first-order valence-electron chi connectivity index (χ1n) is 5.62. The Hall–Kier alpha value is -2.47. The Morgan fingerprint density at radius 3 is 2.50 bits per heavy atom. The number of halogens is 1. The Kier molecular flexibility index (Phi) is 3.95. The molecule has 0 saturated heterocycles. The summed E-state index contributed by atoms with van der Waals surface area (Å²) in [5, 5.41) is 10.6. The van der Waals surface area contributed by atoms with E-state index in [1.807, 2.05) is 0 Å². The summed E-state index contributed by atoms with van der Waals surface area (Å²) in [6.07, 6.45) is 3.14. The number of benzene rings is 1. The van der Waals surface area contributed by atoms with Gasteiger partial charge in [-0.25, -0.2) is 0 Å². The third-order valence-corrected chi connectivity index (χ3v) is 3.05. The van der Waals surface area contributed by atoms with E-state index in [0.717, 1.165) is 0 Å². The highest BCUT2D eigenvalue weighted by Gasteiger charge is 2.18. The van der Waals surface area contributed by atoms with Crippen molar-refractivity contribution in [1.82, 2.24) is 4.98 Å². The molecule has 1 aromatic heterocycles. The molecule has 2 rings (SSSR count). The Balaban J connectivity index is 2.30. The van der Waals surface area contributed by atoms with E-state index in [1.54, 1.807) is 31.6 Å². The molecule has 6 nitrogen and oxygen atoms in total. The maximum absolute atomic E-state index is 12.3. The Morgan fingerprint density at radius 2 is 1.95 bits per heavy atom. The highest BCUT2D eigenvalue weighted by Crippen LogP contribution is 2.26. The zero-order valence-electron chi connectivity index (χ0n) is 10.5. The Labute approximate surface area is 119 Å². The summed E-state index contributed by atoms with van der Waals surface area (Å²) in [5.74, 6) is -0.312. The van der Waals surface area contributed by atoms with E-state index >= 15 is 0 Å². The van der Waals surface area contributed by atoms with E-state index in [2.05, 4.69) is 4.98 Å². The number of nitrogens with zero attached hydrogens (tertiary/aromatic N) is 3. The van der Waals surface area contributed by atoms with Crippen LogP contribution in [0.25, 0.3) is 0 Å². The zero-order valence-corrected chi connectivity index (χ0v) is 11.2. The molecule has 7 heteroatoms. The summed E-state index contributed by atoms with van der Waals surface area (Å²) in [4.78, 5) is 27.6. The van der Waals surface area contributed by atoms with Crippen molar-refractivity contribution in [3.05, 3.63) is 63.4 Å². The van der Waals surface area contributed by atoms with Crippen molar-refractivity contribution in [2.45, 2.75) is 0 Å². The SMILES string of the molecule is CN(C(=O)c1ccc([N+](=O)[O-])c(Cl)c1)c1ccncc1. The topological polar surface area (TPSA) is 76.3 Å². The van der Waals surface area contributed by atoms with Gasteiger partial charge in [0.25, 0.3) is 11.6 Å². The van der Waals surface area contributed by atoms with Gasteiger partial charge in [-0.2, -0.15) is 0 Å². The van der Waals surface area contributed by atoms with Crippen molar-refractivity contribution in [2.75, 3.05) is 11.9 Å². The Morgan fingerprint density at radius 1 is 1.30 bits per heavy atom. The lowest BCUT2D eigenvalue weighted by Gasteiger charge is -2.17. The van der Waals surface area contributed by atoms with Crippen LogP contribution in [0.1, 0.15) is 10.4 Å². The standard InChI is InChI=1S/C13H10ClN3O3/c1-16(10-4-6-15-7-5-10)13(18)9-2-3-12(17(19)20)11(14)8-9/h2-8H,1H3. The van der Waals surface area contributed by atoms with E-state index in [-0.39, 0.29) is 22.2 Å². The minimum absolute atomic E-state index is 0.0658. The molecule has 102 valence electrons. The molecule has 20 heavy (non-hydrogen) atoms. The van der Waals surface area contributed by atoms with Crippen molar-refractivity contribution in [3.63, 3.8) is 0 Å². The predicted octanol–water partition coefficient (Wildman–Crippen LogP) is 2.92. The molecule has 0 aliphatic carbocycles. The van der Waals surface area contributed by atoms with Crippen LogP contribution in [0.15, 0.2) is 42.7 Å². The average molecular weight is 292 g/mol. The fraction of sp³-hybridized carbons (Fsp3) is 0.0769. The predicted molar refractivity (Wildman–Crippen MR) is 75.1 cm³/mol. The number of aromatic nitrogens is 1. The Bertz CT molecular complexity index is 661. The minimum atomic E-state index is -0.594. The molecular formula is C13H10ClN3O3.